The van der Waals surface area contributed by atoms with E-state index >= 15 is 0 Å². The van der Waals surface area contributed by atoms with E-state index in [2.05, 4.69) is 10.3 Å². The molecule has 0 fully saturated rings. The molecule has 0 aliphatic rings. The van der Waals surface area contributed by atoms with Gasteiger partial charge in [-0.3, -0.25) is 4.79 Å². The Hall–Kier alpha value is -2.96. The van der Waals surface area contributed by atoms with Crippen LogP contribution in [-0.2, 0) is 4.79 Å². The Morgan fingerprint density at radius 2 is 2.10 bits per heavy atom. The van der Waals surface area contributed by atoms with Gasteiger partial charge in [0.25, 0.3) is 5.91 Å². The summed E-state index contributed by atoms with van der Waals surface area (Å²) in [6, 6.07) is 7.91. The molecule has 0 atom stereocenters. The van der Waals surface area contributed by atoms with Crippen molar-refractivity contribution in [1.82, 2.24) is 4.98 Å². The minimum Gasteiger partial charge on any atom is -0.484 e. The lowest BCUT2D eigenvalue weighted by molar-refractivity contribution is -0.118. The summed E-state index contributed by atoms with van der Waals surface area (Å²) in [6.07, 6.45) is 1.27. The lowest BCUT2D eigenvalue weighted by atomic mass is 10.2. The molecule has 1 aromatic carbocycles. The molecule has 21 heavy (non-hydrogen) atoms. The highest BCUT2D eigenvalue weighted by molar-refractivity contribution is 5.93. The van der Waals surface area contributed by atoms with Crippen molar-refractivity contribution in [3.63, 3.8) is 0 Å². The number of carboxylic acids is 1. The van der Waals surface area contributed by atoms with E-state index in [9.17, 15) is 14.0 Å². The van der Waals surface area contributed by atoms with Crippen molar-refractivity contribution in [3.8, 4) is 5.75 Å². The van der Waals surface area contributed by atoms with E-state index in [-0.39, 0.29) is 23.7 Å². The van der Waals surface area contributed by atoms with Crippen LogP contribution in [-0.4, -0.2) is 28.6 Å². The highest BCUT2D eigenvalue weighted by atomic mass is 19.1. The lowest BCUT2D eigenvalue weighted by Gasteiger charge is -2.07. The van der Waals surface area contributed by atoms with Crippen molar-refractivity contribution in [2.24, 2.45) is 0 Å². The van der Waals surface area contributed by atoms with E-state index in [1.807, 2.05) is 0 Å². The summed E-state index contributed by atoms with van der Waals surface area (Å²) in [5.41, 5.74) is 0.00588. The third-order valence-corrected chi connectivity index (χ3v) is 2.44. The molecule has 2 rings (SSSR count). The maximum absolute atomic E-state index is 12.9. The van der Waals surface area contributed by atoms with Crippen LogP contribution in [0.1, 0.15) is 10.4 Å². The number of nitrogens with zero attached hydrogens (tertiary/aromatic N) is 1. The second kappa shape index (κ2) is 6.47. The molecule has 108 valence electrons. The number of rotatable bonds is 5. The first-order valence-corrected chi connectivity index (χ1v) is 5.92. The number of carbonyl (C=O) groups excluding carboxylic acids is 1. The summed E-state index contributed by atoms with van der Waals surface area (Å²) in [4.78, 5) is 26.2. The Morgan fingerprint density at radius 1 is 1.29 bits per heavy atom. The zero-order chi connectivity index (χ0) is 15.2. The summed E-state index contributed by atoms with van der Waals surface area (Å²) in [5, 5.41) is 11.2. The Bertz CT molecular complexity index is 676. The minimum atomic E-state index is -1.12. The SMILES string of the molecule is O=C(COc1cccc(F)c1)Nc1cc(C(=O)O)ccn1. The lowest BCUT2D eigenvalue weighted by Crippen LogP contribution is -2.21. The van der Waals surface area contributed by atoms with Gasteiger partial charge >= 0.3 is 5.97 Å². The first-order valence-electron chi connectivity index (χ1n) is 5.92. The smallest absolute Gasteiger partial charge is 0.335 e. The zero-order valence-electron chi connectivity index (χ0n) is 10.7. The monoisotopic (exact) mass is 290 g/mol. The number of amides is 1. The molecular weight excluding hydrogens is 279 g/mol. The molecule has 1 amide bonds. The van der Waals surface area contributed by atoms with Gasteiger partial charge in [0, 0.05) is 12.3 Å². The van der Waals surface area contributed by atoms with Gasteiger partial charge in [0.2, 0.25) is 0 Å². The number of anilines is 1. The van der Waals surface area contributed by atoms with Crippen LogP contribution in [0.25, 0.3) is 0 Å². The van der Waals surface area contributed by atoms with Gasteiger partial charge in [-0.2, -0.15) is 0 Å². The standard InChI is InChI=1S/C14H11FN2O4/c15-10-2-1-3-11(7-10)21-8-13(18)17-12-6-9(14(19)20)4-5-16-12/h1-7H,8H2,(H,19,20)(H,16,17,18). The van der Waals surface area contributed by atoms with Crippen LogP contribution in [0.15, 0.2) is 42.6 Å². The number of aromatic carboxylic acids is 1. The topological polar surface area (TPSA) is 88.5 Å². The molecule has 0 unspecified atom stereocenters. The van der Waals surface area contributed by atoms with Crippen LogP contribution in [0.4, 0.5) is 10.2 Å². The number of carbonyl (C=O) groups is 2. The molecule has 0 saturated heterocycles. The van der Waals surface area contributed by atoms with Crippen molar-refractivity contribution >= 4 is 17.7 Å². The molecular formula is C14H11FN2O4. The second-order valence-corrected chi connectivity index (χ2v) is 4.03. The van der Waals surface area contributed by atoms with E-state index in [1.165, 1.54) is 36.5 Å². The molecule has 1 heterocycles. The van der Waals surface area contributed by atoms with Crippen molar-refractivity contribution in [1.29, 1.82) is 0 Å². The summed E-state index contributed by atoms with van der Waals surface area (Å²) >= 11 is 0. The molecule has 2 aromatic rings. The average Bonchev–Trinajstić information content (AvgIpc) is 2.45. The third kappa shape index (κ3) is 4.27. The largest absolute Gasteiger partial charge is 0.484 e. The number of ether oxygens (including phenoxy) is 1. The van der Waals surface area contributed by atoms with Gasteiger partial charge < -0.3 is 15.2 Å². The van der Waals surface area contributed by atoms with Crippen molar-refractivity contribution in [2.75, 3.05) is 11.9 Å². The summed E-state index contributed by atoms with van der Waals surface area (Å²) in [6.45, 7) is -0.345. The predicted molar refractivity (Wildman–Crippen MR) is 71.7 cm³/mol. The zero-order valence-corrected chi connectivity index (χ0v) is 10.7. The average molecular weight is 290 g/mol. The number of nitrogens with one attached hydrogen (secondary N) is 1. The van der Waals surface area contributed by atoms with Gasteiger partial charge in [-0.25, -0.2) is 14.2 Å². The molecule has 0 bridgehead atoms. The molecule has 0 saturated carbocycles. The van der Waals surface area contributed by atoms with Gasteiger partial charge in [0.05, 0.1) is 5.56 Å². The highest BCUT2D eigenvalue weighted by Gasteiger charge is 2.08. The molecule has 0 radical (unpaired) electrons. The Morgan fingerprint density at radius 3 is 2.81 bits per heavy atom. The fraction of sp³-hybridized carbons (Fsp3) is 0.0714. The van der Waals surface area contributed by atoms with Crippen LogP contribution < -0.4 is 10.1 Å². The fourth-order valence-electron chi connectivity index (χ4n) is 1.52. The number of pyridine rings is 1. The van der Waals surface area contributed by atoms with E-state index in [0.29, 0.717) is 0 Å². The quantitative estimate of drug-likeness (QED) is 0.878. The molecule has 0 spiro atoms. The van der Waals surface area contributed by atoms with Gasteiger partial charge in [-0.1, -0.05) is 6.07 Å². The summed E-state index contributed by atoms with van der Waals surface area (Å²) in [7, 11) is 0. The van der Waals surface area contributed by atoms with Crippen molar-refractivity contribution in [2.45, 2.75) is 0 Å². The number of halogens is 1. The summed E-state index contributed by atoms with van der Waals surface area (Å²) < 4.78 is 18.0. The maximum Gasteiger partial charge on any atom is 0.335 e. The van der Waals surface area contributed by atoms with E-state index in [4.69, 9.17) is 9.84 Å². The van der Waals surface area contributed by atoms with Gasteiger partial charge in [0.1, 0.15) is 17.4 Å². The second-order valence-electron chi connectivity index (χ2n) is 4.03. The first-order chi connectivity index (χ1) is 10.0. The molecule has 1 aromatic heterocycles. The van der Waals surface area contributed by atoms with Crippen LogP contribution in [0.5, 0.6) is 5.75 Å². The van der Waals surface area contributed by atoms with E-state index in [0.717, 1.165) is 6.07 Å². The van der Waals surface area contributed by atoms with E-state index < -0.39 is 17.7 Å². The number of hydrogen-bond acceptors (Lipinski definition) is 4. The predicted octanol–water partition coefficient (Wildman–Crippen LogP) is 1.94. The molecule has 7 heteroatoms. The van der Waals surface area contributed by atoms with Crippen LogP contribution >= 0.6 is 0 Å². The third-order valence-electron chi connectivity index (χ3n) is 2.44. The maximum atomic E-state index is 12.9. The number of benzene rings is 1. The van der Waals surface area contributed by atoms with Crippen molar-refractivity contribution in [3.05, 3.63) is 54.0 Å². The highest BCUT2D eigenvalue weighted by Crippen LogP contribution is 2.12. The van der Waals surface area contributed by atoms with Crippen LogP contribution in [0.2, 0.25) is 0 Å². The minimum absolute atomic E-state index is 0.00588. The van der Waals surface area contributed by atoms with Gasteiger partial charge in [-0.05, 0) is 24.3 Å². The van der Waals surface area contributed by atoms with E-state index in [1.54, 1.807) is 0 Å². The first kappa shape index (κ1) is 14.4. The van der Waals surface area contributed by atoms with Gasteiger partial charge in [-0.15, -0.1) is 0 Å². The van der Waals surface area contributed by atoms with Crippen LogP contribution in [0.3, 0.4) is 0 Å². The molecule has 0 aliphatic heterocycles. The Kier molecular flexibility index (Phi) is 4.45. The normalized spacial score (nSPS) is 9.95. The number of aromatic nitrogens is 1. The fourth-order valence-corrected chi connectivity index (χ4v) is 1.52. The van der Waals surface area contributed by atoms with Crippen molar-refractivity contribution < 1.29 is 23.8 Å². The number of carboxylic acid groups (broad SMARTS) is 1. The van der Waals surface area contributed by atoms with Gasteiger partial charge in [0.15, 0.2) is 6.61 Å². The molecule has 0 aliphatic carbocycles. The number of hydrogen-bond donors (Lipinski definition) is 2. The van der Waals surface area contributed by atoms with Crippen LogP contribution in [0, 0.1) is 5.82 Å². The summed E-state index contributed by atoms with van der Waals surface area (Å²) in [5.74, 6) is -1.80. The molecule has 2 N–H and O–H groups in total. The Labute approximate surface area is 119 Å². The Balaban J connectivity index is 1.93. The molecule has 6 nitrogen and oxygen atoms in total.